The Labute approximate surface area is 152 Å². The van der Waals surface area contributed by atoms with Crippen LogP contribution in [0.5, 0.6) is 0 Å². The predicted molar refractivity (Wildman–Crippen MR) is 89.1 cm³/mol. The number of alkyl halides is 3. The molecule has 0 N–H and O–H groups in total. The maximum Gasteiger partial charge on any atom is 0.398 e. The van der Waals surface area contributed by atoms with Crippen molar-refractivity contribution in [2.75, 3.05) is 18.8 Å². The molecule has 1 aromatic carbocycles. The number of hydrogen-bond donors (Lipinski definition) is 0. The molecule has 26 heavy (non-hydrogen) atoms. The van der Waals surface area contributed by atoms with Crippen LogP contribution in [-0.4, -0.2) is 47.9 Å². The van der Waals surface area contributed by atoms with Gasteiger partial charge in [0.1, 0.15) is 0 Å². The average molecular weight is 407 g/mol. The maximum atomic E-state index is 12.7. The van der Waals surface area contributed by atoms with Crippen molar-refractivity contribution < 1.29 is 26.0 Å². The Bertz CT molecular complexity index is 862. The lowest BCUT2D eigenvalue weighted by atomic mass is 10.2. The third kappa shape index (κ3) is 4.57. The predicted octanol–water partition coefficient (Wildman–Crippen LogP) is 3.57. The number of rotatable bonds is 5. The minimum atomic E-state index is -4.35. The number of halogens is 3. The van der Waals surface area contributed by atoms with Gasteiger partial charge in [0.15, 0.2) is 0 Å². The van der Waals surface area contributed by atoms with Crippen LogP contribution in [0, 0.1) is 0 Å². The standard InChI is InChI=1S/C15H16F3N3O3S2/c16-15(17,18)10-25-14-20-19-13(24-14)11-5-4-6-12(9-11)26(22,23)21-7-2-1-3-8-21/h4-6,9H,1-3,7-8,10H2. The van der Waals surface area contributed by atoms with E-state index >= 15 is 0 Å². The molecule has 2 aromatic rings. The molecule has 0 unspecified atom stereocenters. The lowest BCUT2D eigenvalue weighted by molar-refractivity contribution is -0.105. The van der Waals surface area contributed by atoms with Gasteiger partial charge >= 0.3 is 6.18 Å². The summed E-state index contributed by atoms with van der Waals surface area (Å²) in [4.78, 5) is 0.0968. The molecule has 3 rings (SSSR count). The zero-order valence-electron chi connectivity index (χ0n) is 13.6. The van der Waals surface area contributed by atoms with E-state index in [0.717, 1.165) is 19.3 Å². The molecule has 0 aliphatic carbocycles. The van der Waals surface area contributed by atoms with Gasteiger partial charge in [-0.2, -0.15) is 17.5 Å². The van der Waals surface area contributed by atoms with E-state index in [1.165, 1.54) is 16.4 Å². The molecule has 1 fully saturated rings. The fourth-order valence-electron chi connectivity index (χ4n) is 2.57. The highest BCUT2D eigenvalue weighted by atomic mass is 32.2. The van der Waals surface area contributed by atoms with Crippen molar-refractivity contribution in [3.63, 3.8) is 0 Å². The van der Waals surface area contributed by atoms with Gasteiger partial charge in [0.25, 0.3) is 5.22 Å². The first-order valence-corrected chi connectivity index (χ1v) is 10.3. The van der Waals surface area contributed by atoms with Gasteiger partial charge in [-0.1, -0.05) is 24.2 Å². The third-order valence-corrected chi connectivity index (χ3v) is 6.58. The molecule has 0 saturated carbocycles. The summed E-state index contributed by atoms with van der Waals surface area (Å²) in [6, 6.07) is 5.98. The van der Waals surface area contributed by atoms with Crippen LogP contribution in [0.2, 0.25) is 0 Å². The summed E-state index contributed by atoms with van der Waals surface area (Å²) in [5.74, 6) is -1.16. The Morgan fingerprint density at radius 2 is 1.88 bits per heavy atom. The zero-order chi connectivity index (χ0) is 18.8. The molecule has 1 saturated heterocycles. The molecule has 2 heterocycles. The van der Waals surface area contributed by atoms with Crippen LogP contribution in [0.15, 0.2) is 38.8 Å². The first-order valence-electron chi connectivity index (χ1n) is 7.89. The fraction of sp³-hybridized carbons (Fsp3) is 0.467. The summed E-state index contributed by atoms with van der Waals surface area (Å²) >= 11 is 0.384. The first-order chi connectivity index (χ1) is 12.3. The van der Waals surface area contributed by atoms with Gasteiger partial charge in [0.05, 0.1) is 10.6 Å². The summed E-state index contributed by atoms with van der Waals surface area (Å²) in [5, 5.41) is 7.05. The van der Waals surface area contributed by atoms with Gasteiger partial charge in [-0.25, -0.2) is 8.42 Å². The van der Waals surface area contributed by atoms with Crippen LogP contribution in [0.4, 0.5) is 13.2 Å². The molecule has 1 aliphatic rings. The van der Waals surface area contributed by atoms with Crippen molar-refractivity contribution in [3.8, 4) is 11.5 Å². The van der Waals surface area contributed by atoms with E-state index in [2.05, 4.69) is 10.2 Å². The van der Waals surface area contributed by atoms with Gasteiger partial charge in [-0.3, -0.25) is 0 Å². The number of thioether (sulfide) groups is 1. The van der Waals surface area contributed by atoms with Crippen LogP contribution in [0.25, 0.3) is 11.5 Å². The lowest BCUT2D eigenvalue weighted by Crippen LogP contribution is -2.35. The largest absolute Gasteiger partial charge is 0.411 e. The fourth-order valence-corrected chi connectivity index (χ4v) is 4.66. The summed E-state index contributed by atoms with van der Waals surface area (Å²) in [5.41, 5.74) is 0.342. The molecule has 1 aromatic heterocycles. The zero-order valence-corrected chi connectivity index (χ0v) is 15.2. The summed E-state index contributed by atoms with van der Waals surface area (Å²) in [6.45, 7) is 0.955. The third-order valence-electron chi connectivity index (χ3n) is 3.80. The number of piperidine rings is 1. The molecule has 11 heteroatoms. The van der Waals surface area contributed by atoms with Crippen molar-refractivity contribution in [1.82, 2.24) is 14.5 Å². The summed E-state index contributed by atoms with van der Waals surface area (Å²) in [6.07, 6.45) is -1.70. The van der Waals surface area contributed by atoms with Crippen molar-refractivity contribution in [2.24, 2.45) is 0 Å². The Hall–Kier alpha value is -1.59. The molecule has 0 amide bonds. The van der Waals surface area contributed by atoms with Crippen LogP contribution in [0.1, 0.15) is 19.3 Å². The van der Waals surface area contributed by atoms with Crippen molar-refractivity contribution in [3.05, 3.63) is 24.3 Å². The van der Waals surface area contributed by atoms with Crippen molar-refractivity contribution in [1.29, 1.82) is 0 Å². The Balaban J connectivity index is 1.80. The number of aromatic nitrogens is 2. The number of sulfonamides is 1. The number of benzene rings is 1. The van der Waals surface area contributed by atoms with Crippen molar-refractivity contribution in [2.45, 2.75) is 35.6 Å². The second-order valence-corrected chi connectivity index (χ2v) is 8.63. The van der Waals surface area contributed by atoms with Gasteiger partial charge in [-0.15, -0.1) is 10.2 Å². The van der Waals surface area contributed by atoms with E-state index in [9.17, 15) is 21.6 Å². The van der Waals surface area contributed by atoms with Crippen LogP contribution in [-0.2, 0) is 10.0 Å². The Morgan fingerprint density at radius 3 is 2.58 bits per heavy atom. The molecular weight excluding hydrogens is 391 g/mol. The van der Waals surface area contributed by atoms with E-state index in [-0.39, 0.29) is 16.0 Å². The Morgan fingerprint density at radius 1 is 1.15 bits per heavy atom. The number of hydrogen-bond acceptors (Lipinski definition) is 6. The lowest BCUT2D eigenvalue weighted by Gasteiger charge is -2.25. The topological polar surface area (TPSA) is 76.3 Å². The molecule has 0 bridgehead atoms. The van der Waals surface area contributed by atoms with Crippen LogP contribution < -0.4 is 0 Å². The smallest absolute Gasteiger partial charge is 0.398 e. The van der Waals surface area contributed by atoms with E-state index in [1.54, 1.807) is 12.1 Å². The van der Waals surface area contributed by atoms with Crippen molar-refractivity contribution >= 4 is 21.8 Å². The van der Waals surface area contributed by atoms with Gasteiger partial charge in [-0.05, 0) is 31.0 Å². The molecule has 0 radical (unpaired) electrons. The van der Waals surface area contributed by atoms with Crippen LogP contribution >= 0.6 is 11.8 Å². The van der Waals surface area contributed by atoms with Gasteiger partial charge in [0, 0.05) is 18.7 Å². The molecule has 0 atom stereocenters. The SMILES string of the molecule is O=S(=O)(c1cccc(-c2nnc(SCC(F)(F)F)o2)c1)N1CCCCC1. The minimum absolute atomic E-state index is 0.0228. The quantitative estimate of drug-likeness (QED) is 0.706. The molecule has 142 valence electrons. The maximum absolute atomic E-state index is 12.7. The monoisotopic (exact) mass is 407 g/mol. The highest BCUT2D eigenvalue weighted by Gasteiger charge is 2.29. The summed E-state index contributed by atoms with van der Waals surface area (Å²) < 4.78 is 68.8. The van der Waals surface area contributed by atoms with Gasteiger partial charge < -0.3 is 4.42 Å². The second kappa shape index (κ2) is 7.57. The summed E-state index contributed by atoms with van der Waals surface area (Å²) in [7, 11) is -3.63. The molecule has 0 spiro atoms. The number of nitrogens with zero attached hydrogens (tertiary/aromatic N) is 3. The Kier molecular flexibility index (Phi) is 5.58. The normalized spacial score (nSPS) is 16.7. The highest BCUT2D eigenvalue weighted by molar-refractivity contribution is 7.99. The average Bonchev–Trinajstić information content (AvgIpc) is 3.09. The van der Waals surface area contributed by atoms with E-state index < -0.39 is 22.0 Å². The minimum Gasteiger partial charge on any atom is -0.411 e. The molecule has 1 aliphatic heterocycles. The first kappa shape index (κ1) is 19.2. The van der Waals surface area contributed by atoms with E-state index in [4.69, 9.17) is 4.42 Å². The van der Waals surface area contributed by atoms with E-state index in [0.29, 0.717) is 30.4 Å². The highest BCUT2D eigenvalue weighted by Crippen LogP contribution is 2.30. The van der Waals surface area contributed by atoms with Crippen LogP contribution in [0.3, 0.4) is 0 Å². The van der Waals surface area contributed by atoms with E-state index in [1.807, 2.05) is 0 Å². The molecule has 6 nitrogen and oxygen atoms in total. The second-order valence-electron chi connectivity index (χ2n) is 5.77. The molecular formula is C15H16F3N3O3S2. The van der Waals surface area contributed by atoms with Gasteiger partial charge in [0.2, 0.25) is 15.9 Å².